The van der Waals surface area contributed by atoms with Crippen molar-refractivity contribution in [1.29, 1.82) is 0 Å². The molecule has 0 saturated carbocycles. The maximum Gasteiger partial charge on any atom is 0.251 e. The summed E-state index contributed by atoms with van der Waals surface area (Å²) in [6, 6.07) is 14.5. The van der Waals surface area contributed by atoms with E-state index in [0.717, 1.165) is 41.6 Å². The zero-order valence-corrected chi connectivity index (χ0v) is 45.3. The fourth-order valence-corrected chi connectivity index (χ4v) is 8.81. The van der Waals surface area contributed by atoms with Gasteiger partial charge >= 0.3 is 0 Å². The van der Waals surface area contributed by atoms with Crippen LogP contribution in [0.15, 0.2) is 66.9 Å². The average molecular weight is 1020 g/mol. The molecule has 10 N–H and O–H groups in total. The summed E-state index contributed by atoms with van der Waals surface area (Å²) in [5.74, 6) is -1.83. The zero-order chi connectivity index (χ0) is 54.3. The van der Waals surface area contributed by atoms with Gasteiger partial charge in [-0.05, 0) is 130 Å². The molecule has 0 saturated heterocycles. The van der Waals surface area contributed by atoms with Crippen LogP contribution in [0.3, 0.4) is 0 Å². The van der Waals surface area contributed by atoms with Gasteiger partial charge in [-0.2, -0.15) is 0 Å². The quantitative estimate of drug-likeness (QED) is 0.0228. The fourth-order valence-electron chi connectivity index (χ4n) is 8.81. The Hall–Kier alpha value is -6.33. The number of nitrogens with zero attached hydrogens (tertiary/aromatic N) is 1. The number of aliphatic hydroxyl groups is 1. The number of carbonyl (C=O) groups is 6. The number of rotatable bonds is 32. The Bertz CT molecular complexity index is 2470. The van der Waals surface area contributed by atoms with Crippen LogP contribution in [0.2, 0.25) is 0 Å². The van der Waals surface area contributed by atoms with Gasteiger partial charge < -0.3 is 52.8 Å². The number of methoxy groups -OCH3 is 1. The Labute approximate surface area is 438 Å². The summed E-state index contributed by atoms with van der Waals surface area (Å²) in [5, 5.41) is 34.5. The van der Waals surface area contributed by atoms with Crippen LogP contribution in [-0.4, -0.2) is 109 Å². The van der Waals surface area contributed by atoms with Gasteiger partial charge in [-0.25, -0.2) is 0 Å². The molecule has 0 aliphatic rings. The summed E-state index contributed by atoms with van der Waals surface area (Å²) < 4.78 is 5.50. The highest BCUT2D eigenvalue weighted by molar-refractivity contribution is 6.04. The van der Waals surface area contributed by atoms with Crippen LogP contribution in [0.25, 0.3) is 21.7 Å². The van der Waals surface area contributed by atoms with Crippen LogP contribution < -0.4 is 47.7 Å². The third-order valence-electron chi connectivity index (χ3n) is 13.2. The van der Waals surface area contributed by atoms with Gasteiger partial charge in [0.2, 0.25) is 23.6 Å². The van der Waals surface area contributed by atoms with Gasteiger partial charge in [0.25, 0.3) is 11.8 Å². The van der Waals surface area contributed by atoms with Crippen molar-refractivity contribution in [2.24, 2.45) is 23.5 Å². The SMILES string of the molecule is CCCCNC(=O)C[C@H](O)[C@H](CC(C)C)NC(=O)[C@@H](NC(=O)c1ccc2cc(C(=O)N[C@H](CC(C)C)C(=O)N[C@H](CCCCN)C(=O)NCCCC(C)Nc3cc(OC)cc4cccnc34)ccc2c1)[C@H](C)CC. The number of amides is 6. The molecule has 17 nitrogen and oxygen atoms in total. The van der Waals surface area contributed by atoms with Crippen LogP contribution in [-0.2, 0) is 19.2 Å². The highest BCUT2D eigenvalue weighted by Gasteiger charge is 2.32. The average Bonchev–Trinajstić information content (AvgIpc) is 3.37. The van der Waals surface area contributed by atoms with Crippen LogP contribution >= 0.6 is 0 Å². The van der Waals surface area contributed by atoms with Crippen molar-refractivity contribution in [2.45, 2.75) is 162 Å². The number of anilines is 1. The largest absolute Gasteiger partial charge is 0.497 e. The molecule has 4 rings (SSSR count). The van der Waals surface area contributed by atoms with E-state index in [1.54, 1.807) is 49.7 Å². The number of aliphatic hydroxyl groups excluding tert-OH is 1. The van der Waals surface area contributed by atoms with Gasteiger partial charge in [-0.1, -0.05) is 79.5 Å². The molecule has 7 atom stereocenters. The molecule has 17 heteroatoms. The molecule has 4 aromatic rings. The second-order valence-corrected chi connectivity index (χ2v) is 20.6. The first-order valence-electron chi connectivity index (χ1n) is 26.8. The fraction of sp³-hybridized carbons (Fsp3) is 0.561. The van der Waals surface area contributed by atoms with Gasteiger partial charge in [0.15, 0.2) is 0 Å². The first-order valence-corrected chi connectivity index (χ1v) is 26.8. The number of aromatic nitrogens is 1. The number of carbonyl (C=O) groups excluding carboxylic acids is 6. The van der Waals surface area contributed by atoms with Crippen molar-refractivity contribution < 1.29 is 38.6 Å². The number of hydrogen-bond acceptors (Lipinski definition) is 11. The molecule has 6 amide bonds. The van der Waals surface area contributed by atoms with E-state index in [-0.39, 0.29) is 42.0 Å². The lowest BCUT2D eigenvalue weighted by atomic mass is 9.94. The summed E-state index contributed by atoms with van der Waals surface area (Å²) in [6.07, 6.45) is 6.70. The Morgan fingerprint density at radius 2 is 1.34 bits per heavy atom. The molecule has 0 aliphatic heterocycles. The van der Waals surface area contributed by atoms with Crippen LogP contribution in [0.1, 0.15) is 147 Å². The maximum absolute atomic E-state index is 14.0. The lowest BCUT2D eigenvalue weighted by Gasteiger charge is -2.30. The number of benzene rings is 3. The maximum atomic E-state index is 14.0. The predicted molar refractivity (Wildman–Crippen MR) is 294 cm³/mol. The standard InChI is InChI=1S/C57H85N9O8/c1-10-12-25-59-50(68)34-49(67)46(28-35(3)4)64-57(73)51(37(7)11-2)66-54(70)43-23-21-39-30-42(22-20-40(39)31-43)53(69)65-48(29-36(5)6)56(72)63-45(19-13-14-24-58)55(71)61-27-15-17-38(8)62-47-33-44(74-9)32-41-18-16-26-60-52(41)47/h16,18,20-23,26,30-33,35-38,45-46,48-49,51,62,67H,10-15,17,19,24-25,27-29,34,58H2,1-9H3,(H,59,68)(H,61,71)(H,63,72)(H,64,73)(H,65,69)(H,66,70)/t37-,38?,45-,46+,48-,49+,51+/m1/s1. The molecule has 0 spiro atoms. The topological polar surface area (TPSA) is 255 Å². The Morgan fingerprint density at radius 3 is 1.96 bits per heavy atom. The van der Waals surface area contributed by atoms with E-state index in [1.807, 2.05) is 72.7 Å². The minimum absolute atomic E-state index is 0.0328. The second kappa shape index (κ2) is 30.8. The highest BCUT2D eigenvalue weighted by atomic mass is 16.5. The summed E-state index contributed by atoms with van der Waals surface area (Å²) in [4.78, 5) is 86.2. The lowest BCUT2D eigenvalue weighted by Crippen LogP contribution is -2.55. The monoisotopic (exact) mass is 1020 g/mol. The molecule has 1 unspecified atom stereocenters. The first-order chi connectivity index (χ1) is 35.4. The minimum Gasteiger partial charge on any atom is -0.497 e. The molecule has 0 radical (unpaired) electrons. The van der Waals surface area contributed by atoms with E-state index in [2.05, 4.69) is 49.1 Å². The van der Waals surface area contributed by atoms with Crippen molar-refractivity contribution in [3.8, 4) is 5.75 Å². The number of hydrogen-bond donors (Lipinski definition) is 9. The van der Waals surface area contributed by atoms with Crippen molar-refractivity contribution in [1.82, 2.24) is 36.9 Å². The van der Waals surface area contributed by atoms with Crippen molar-refractivity contribution in [3.63, 3.8) is 0 Å². The van der Waals surface area contributed by atoms with E-state index in [0.29, 0.717) is 86.5 Å². The third kappa shape index (κ3) is 19.2. The Morgan fingerprint density at radius 1 is 0.676 bits per heavy atom. The first kappa shape index (κ1) is 60.2. The lowest BCUT2D eigenvalue weighted by molar-refractivity contribution is -0.130. The second-order valence-electron chi connectivity index (χ2n) is 20.6. The molecule has 0 aliphatic carbocycles. The van der Waals surface area contributed by atoms with Crippen LogP contribution in [0, 0.1) is 17.8 Å². The van der Waals surface area contributed by atoms with Gasteiger partial charge in [0.05, 0.1) is 36.9 Å². The van der Waals surface area contributed by atoms with E-state index in [9.17, 15) is 33.9 Å². The summed E-state index contributed by atoms with van der Waals surface area (Å²) in [5.41, 5.74) is 8.10. The summed E-state index contributed by atoms with van der Waals surface area (Å²) >= 11 is 0. The van der Waals surface area contributed by atoms with Gasteiger partial charge in [-0.15, -0.1) is 0 Å². The van der Waals surface area contributed by atoms with Crippen molar-refractivity contribution >= 4 is 62.8 Å². The van der Waals surface area contributed by atoms with Gasteiger partial charge in [-0.3, -0.25) is 33.8 Å². The van der Waals surface area contributed by atoms with Gasteiger partial charge in [0.1, 0.15) is 23.9 Å². The molecule has 74 heavy (non-hydrogen) atoms. The van der Waals surface area contributed by atoms with Crippen molar-refractivity contribution in [2.75, 3.05) is 32.1 Å². The van der Waals surface area contributed by atoms with Gasteiger partial charge in [0, 0.05) is 47.9 Å². The molecule has 0 fully saturated rings. The van der Waals surface area contributed by atoms with E-state index in [1.165, 1.54) is 0 Å². The predicted octanol–water partition coefficient (Wildman–Crippen LogP) is 6.89. The molecule has 1 heterocycles. The van der Waals surface area contributed by atoms with Crippen LogP contribution in [0.4, 0.5) is 5.69 Å². The molecule has 0 bridgehead atoms. The summed E-state index contributed by atoms with van der Waals surface area (Å²) in [7, 11) is 1.63. The van der Waals surface area contributed by atoms with E-state index < -0.39 is 53.9 Å². The Kier molecular flexibility index (Phi) is 25.0. The highest BCUT2D eigenvalue weighted by Crippen LogP contribution is 2.29. The molecule has 3 aromatic carbocycles. The molecule has 406 valence electrons. The van der Waals surface area contributed by atoms with E-state index >= 15 is 0 Å². The summed E-state index contributed by atoms with van der Waals surface area (Å²) in [6.45, 7) is 17.1. The number of nitrogens with one attached hydrogen (secondary N) is 7. The number of ether oxygens (including phenoxy) is 1. The number of fused-ring (bicyclic) bond motifs is 2. The number of nitrogens with two attached hydrogens (primary N) is 1. The van der Waals surface area contributed by atoms with Crippen molar-refractivity contribution in [3.05, 3.63) is 78.0 Å². The van der Waals surface area contributed by atoms with Crippen LogP contribution in [0.5, 0.6) is 5.75 Å². The minimum atomic E-state index is -1.11. The molecular formula is C57H85N9O8. The normalized spacial score (nSPS) is 14.3. The number of unbranched alkanes of at least 4 members (excludes halogenated alkanes) is 2. The smallest absolute Gasteiger partial charge is 0.251 e. The zero-order valence-electron chi connectivity index (χ0n) is 45.3. The third-order valence-corrected chi connectivity index (χ3v) is 13.2. The Balaban J connectivity index is 1.39. The molecule has 1 aromatic heterocycles. The van der Waals surface area contributed by atoms with E-state index in [4.69, 9.17) is 10.5 Å². The number of pyridine rings is 1. The molecular weight excluding hydrogens is 939 g/mol.